The lowest BCUT2D eigenvalue weighted by molar-refractivity contribution is -0.210. The summed E-state index contributed by atoms with van der Waals surface area (Å²) in [4.78, 5) is 6.47. The van der Waals surface area contributed by atoms with E-state index in [9.17, 15) is 4.57 Å². The highest BCUT2D eigenvalue weighted by Gasteiger charge is 2.51. The van der Waals surface area contributed by atoms with Crippen molar-refractivity contribution in [1.29, 1.82) is 0 Å². The van der Waals surface area contributed by atoms with Crippen LogP contribution in [0.25, 0.3) is 5.76 Å². The first-order valence-corrected chi connectivity index (χ1v) is 10.8. The van der Waals surface area contributed by atoms with Crippen LogP contribution in [0.4, 0.5) is 0 Å². The zero-order valence-corrected chi connectivity index (χ0v) is 18.2. The van der Waals surface area contributed by atoms with Gasteiger partial charge in [-0.1, -0.05) is 54.6 Å². The number of rotatable bonds is 6. The van der Waals surface area contributed by atoms with Crippen molar-refractivity contribution in [2.45, 2.75) is 38.8 Å². The molecule has 150 valence electrons. The van der Waals surface area contributed by atoms with Crippen molar-refractivity contribution in [3.05, 3.63) is 77.1 Å². The fourth-order valence-corrected chi connectivity index (χ4v) is 4.71. The van der Waals surface area contributed by atoms with Gasteiger partial charge in [0, 0.05) is 19.8 Å². The van der Waals surface area contributed by atoms with E-state index in [2.05, 4.69) is 39.8 Å². The van der Waals surface area contributed by atoms with Crippen LogP contribution < -0.4 is 0 Å². The summed E-state index contributed by atoms with van der Waals surface area (Å²) in [5.74, 6) is 1.87. The van der Waals surface area contributed by atoms with Crippen molar-refractivity contribution in [1.82, 2.24) is 5.06 Å². The van der Waals surface area contributed by atoms with E-state index in [1.165, 1.54) is 31.2 Å². The van der Waals surface area contributed by atoms with E-state index in [4.69, 9.17) is 13.9 Å². The maximum atomic E-state index is 12.8. The molecule has 6 heteroatoms. The van der Waals surface area contributed by atoms with Gasteiger partial charge in [-0.2, -0.15) is 0 Å². The minimum absolute atomic E-state index is 0.391. The standard InChI is InChI=1S/C22H28NO4P/c1-21(2)18-14-10-11-15-19(18)22(3,4)23(21)27-20(16-28(24,25-5)26-6)17-12-8-7-9-13-17/h7-16H,1-6H3/b20-16+. The Labute approximate surface area is 167 Å². The van der Waals surface area contributed by atoms with Crippen molar-refractivity contribution in [3.63, 3.8) is 0 Å². The predicted octanol–water partition coefficient (Wildman–Crippen LogP) is 5.89. The summed E-state index contributed by atoms with van der Waals surface area (Å²) >= 11 is 0. The minimum atomic E-state index is -3.43. The van der Waals surface area contributed by atoms with Crippen molar-refractivity contribution in [3.8, 4) is 0 Å². The molecule has 1 aliphatic heterocycles. The summed E-state index contributed by atoms with van der Waals surface area (Å²) < 4.78 is 23.1. The third kappa shape index (κ3) is 3.56. The summed E-state index contributed by atoms with van der Waals surface area (Å²) in [5, 5.41) is 1.96. The SMILES string of the molecule is COP(=O)(/C=C(/ON1C(C)(C)c2ccccc2C1(C)C)c1ccccc1)OC. The van der Waals surface area contributed by atoms with Gasteiger partial charge in [-0.15, -0.1) is 5.06 Å². The van der Waals surface area contributed by atoms with Crippen LogP contribution in [-0.2, 0) is 29.5 Å². The van der Waals surface area contributed by atoms with Crippen molar-refractivity contribution >= 4 is 13.4 Å². The van der Waals surface area contributed by atoms with Gasteiger partial charge in [0.25, 0.3) is 0 Å². The first-order valence-electron chi connectivity index (χ1n) is 9.23. The van der Waals surface area contributed by atoms with Crippen LogP contribution >= 0.6 is 7.60 Å². The third-order valence-electron chi connectivity index (χ3n) is 5.29. The van der Waals surface area contributed by atoms with E-state index in [1.54, 1.807) is 0 Å². The molecule has 0 atom stereocenters. The Morgan fingerprint density at radius 2 is 1.32 bits per heavy atom. The second-order valence-corrected chi connectivity index (χ2v) is 9.88. The van der Waals surface area contributed by atoms with Crippen LogP contribution in [0.2, 0.25) is 0 Å². The van der Waals surface area contributed by atoms with Crippen molar-refractivity contribution < 1.29 is 18.5 Å². The molecular weight excluding hydrogens is 373 g/mol. The fraction of sp³-hybridized carbons (Fsp3) is 0.364. The van der Waals surface area contributed by atoms with Gasteiger partial charge < -0.3 is 13.9 Å². The number of hydroxylamine groups is 2. The highest BCUT2D eigenvalue weighted by atomic mass is 31.2. The highest BCUT2D eigenvalue weighted by Crippen LogP contribution is 2.53. The zero-order chi connectivity index (χ0) is 20.6. The molecule has 0 saturated heterocycles. The molecule has 3 rings (SSSR count). The molecule has 1 aliphatic rings. The summed E-state index contributed by atoms with van der Waals surface area (Å²) in [6.07, 6.45) is 0. The average molecular weight is 401 g/mol. The quantitative estimate of drug-likeness (QED) is 0.446. The van der Waals surface area contributed by atoms with Crippen LogP contribution in [-0.4, -0.2) is 19.3 Å². The monoisotopic (exact) mass is 401 g/mol. The topological polar surface area (TPSA) is 48.0 Å². The number of hydrogen-bond acceptors (Lipinski definition) is 5. The second-order valence-electron chi connectivity index (χ2n) is 7.81. The Hall–Kier alpha value is -1.91. The molecule has 28 heavy (non-hydrogen) atoms. The number of fused-ring (bicyclic) bond motifs is 1. The maximum absolute atomic E-state index is 12.8. The van der Waals surface area contributed by atoms with Crippen LogP contribution in [0.5, 0.6) is 0 Å². The first-order chi connectivity index (χ1) is 13.2. The van der Waals surface area contributed by atoms with Crippen molar-refractivity contribution in [2.75, 3.05) is 14.2 Å². The van der Waals surface area contributed by atoms with E-state index in [1.807, 2.05) is 47.5 Å². The Balaban J connectivity index is 2.09. The van der Waals surface area contributed by atoms with Gasteiger partial charge in [0.15, 0.2) is 5.76 Å². The van der Waals surface area contributed by atoms with E-state index in [0.29, 0.717) is 5.76 Å². The Morgan fingerprint density at radius 3 is 1.79 bits per heavy atom. The maximum Gasteiger partial charge on any atom is 0.357 e. The van der Waals surface area contributed by atoms with E-state index in [0.717, 1.165) is 5.56 Å². The van der Waals surface area contributed by atoms with E-state index >= 15 is 0 Å². The molecule has 0 amide bonds. The number of benzene rings is 2. The Kier molecular flexibility index (Phi) is 5.57. The molecule has 0 aromatic heterocycles. The zero-order valence-electron chi connectivity index (χ0n) is 17.3. The summed E-state index contributed by atoms with van der Waals surface area (Å²) in [5.41, 5.74) is 2.42. The van der Waals surface area contributed by atoms with Crippen LogP contribution in [0.3, 0.4) is 0 Å². The van der Waals surface area contributed by atoms with Crippen molar-refractivity contribution in [2.24, 2.45) is 0 Å². The van der Waals surface area contributed by atoms with Gasteiger partial charge in [-0.25, -0.2) is 0 Å². The van der Waals surface area contributed by atoms with E-state index < -0.39 is 18.7 Å². The Bertz CT molecular complexity index is 878. The lowest BCUT2D eigenvalue weighted by atomic mass is 9.91. The largest absolute Gasteiger partial charge is 0.403 e. The molecule has 0 aliphatic carbocycles. The average Bonchev–Trinajstić information content (AvgIpc) is 2.85. The smallest absolute Gasteiger partial charge is 0.357 e. The third-order valence-corrected chi connectivity index (χ3v) is 6.86. The molecule has 1 heterocycles. The van der Waals surface area contributed by atoms with Crippen LogP contribution in [0.15, 0.2) is 60.4 Å². The van der Waals surface area contributed by atoms with Gasteiger partial charge in [-0.05, 0) is 38.8 Å². The molecule has 2 aromatic carbocycles. The number of hydrogen-bond donors (Lipinski definition) is 0. The van der Waals surface area contributed by atoms with Crippen LogP contribution in [0.1, 0.15) is 44.4 Å². The molecule has 0 fully saturated rings. The second kappa shape index (κ2) is 7.49. The normalized spacial score (nSPS) is 18.7. The summed E-state index contributed by atoms with van der Waals surface area (Å²) in [7, 11) is -0.702. The summed E-state index contributed by atoms with van der Waals surface area (Å²) in [6, 6.07) is 17.9. The molecule has 0 N–H and O–H groups in total. The van der Waals surface area contributed by atoms with Gasteiger partial charge in [0.05, 0.1) is 16.9 Å². The van der Waals surface area contributed by atoms with E-state index in [-0.39, 0.29) is 0 Å². The highest BCUT2D eigenvalue weighted by molar-refractivity contribution is 7.57. The fourth-order valence-electron chi connectivity index (χ4n) is 3.87. The lowest BCUT2D eigenvalue weighted by Crippen LogP contribution is -2.44. The van der Waals surface area contributed by atoms with Gasteiger partial charge >= 0.3 is 7.60 Å². The molecule has 5 nitrogen and oxygen atoms in total. The molecule has 2 aromatic rings. The van der Waals surface area contributed by atoms with Gasteiger partial charge in [0.1, 0.15) is 0 Å². The van der Waals surface area contributed by atoms with Gasteiger partial charge in [-0.3, -0.25) is 4.57 Å². The molecule has 0 radical (unpaired) electrons. The summed E-state index contributed by atoms with van der Waals surface area (Å²) in [6.45, 7) is 8.48. The predicted molar refractivity (Wildman–Crippen MR) is 111 cm³/mol. The van der Waals surface area contributed by atoms with Crippen LogP contribution in [0, 0.1) is 0 Å². The number of nitrogens with zero attached hydrogens (tertiary/aromatic N) is 1. The van der Waals surface area contributed by atoms with Gasteiger partial charge in [0.2, 0.25) is 0 Å². The molecule has 0 spiro atoms. The molecule has 0 bridgehead atoms. The molecule has 0 saturated carbocycles. The first kappa shape index (κ1) is 20.8. The Morgan fingerprint density at radius 1 is 0.857 bits per heavy atom. The molecule has 0 unspecified atom stereocenters. The lowest BCUT2D eigenvalue weighted by Gasteiger charge is -2.40. The molecular formula is C22H28NO4P. The minimum Gasteiger partial charge on any atom is -0.403 e.